The van der Waals surface area contributed by atoms with E-state index in [0.717, 1.165) is 5.56 Å². The molecule has 0 unspecified atom stereocenters. The van der Waals surface area contributed by atoms with Gasteiger partial charge in [-0.1, -0.05) is 24.3 Å². The molecule has 0 aliphatic carbocycles. The molecule has 0 atom stereocenters. The van der Waals surface area contributed by atoms with Gasteiger partial charge >= 0.3 is 0 Å². The van der Waals surface area contributed by atoms with E-state index in [2.05, 4.69) is 4.72 Å². The van der Waals surface area contributed by atoms with E-state index in [0.29, 0.717) is 11.3 Å². The number of benzene rings is 3. The first-order chi connectivity index (χ1) is 14.7. The number of methoxy groups -OCH3 is 1. The van der Waals surface area contributed by atoms with E-state index in [1.807, 2.05) is 13.0 Å². The zero-order valence-electron chi connectivity index (χ0n) is 17.4. The van der Waals surface area contributed by atoms with Gasteiger partial charge in [0.05, 0.1) is 12.0 Å². The fourth-order valence-electron chi connectivity index (χ4n) is 3.09. The van der Waals surface area contributed by atoms with Crippen LogP contribution < -0.4 is 9.46 Å². The number of ether oxygens (including phenoxy) is 1. The van der Waals surface area contributed by atoms with Crippen LogP contribution in [0.25, 0.3) is 0 Å². The molecule has 1 amide bonds. The SMILES string of the molecule is COc1ccc(CN(C)C(=O)c2cccc(S(=O)(=O)Nc3cccc(C)c3)c2)cc1F. The lowest BCUT2D eigenvalue weighted by Gasteiger charge is -2.18. The van der Waals surface area contributed by atoms with Gasteiger partial charge in [-0.15, -0.1) is 0 Å². The Morgan fingerprint density at radius 1 is 1.06 bits per heavy atom. The maximum absolute atomic E-state index is 13.9. The highest BCUT2D eigenvalue weighted by Gasteiger charge is 2.19. The molecular formula is C23H23FN2O4S. The fourth-order valence-corrected chi connectivity index (χ4v) is 4.19. The number of anilines is 1. The minimum Gasteiger partial charge on any atom is -0.494 e. The predicted octanol–water partition coefficient (Wildman–Crippen LogP) is 4.22. The number of nitrogens with one attached hydrogen (secondary N) is 1. The van der Waals surface area contributed by atoms with Gasteiger partial charge in [0.2, 0.25) is 0 Å². The quantitative estimate of drug-likeness (QED) is 0.595. The zero-order valence-corrected chi connectivity index (χ0v) is 18.2. The number of hydrogen-bond acceptors (Lipinski definition) is 4. The number of nitrogens with zero attached hydrogens (tertiary/aromatic N) is 1. The summed E-state index contributed by atoms with van der Waals surface area (Å²) in [5.74, 6) is -0.781. The van der Waals surface area contributed by atoms with Gasteiger partial charge in [0.25, 0.3) is 15.9 Å². The van der Waals surface area contributed by atoms with Crippen LogP contribution in [-0.2, 0) is 16.6 Å². The second kappa shape index (κ2) is 9.18. The molecule has 3 aromatic carbocycles. The summed E-state index contributed by atoms with van der Waals surface area (Å²) in [6.07, 6.45) is 0. The summed E-state index contributed by atoms with van der Waals surface area (Å²) >= 11 is 0. The molecule has 31 heavy (non-hydrogen) atoms. The third kappa shape index (κ3) is 5.40. The second-order valence-corrected chi connectivity index (χ2v) is 8.82. The van der Waals surface area contributed by atoms with Crippen molar-refractivity contribution in [3.63, 3.8) is 0 Å². The lowest BCUT2D eigenvalue weighted by Crippen LogP contribution is -2.26. The molecule has 0 aliphatic rings. The molecule has 0 saturated carbocycles. The normalized spacial score (nSPS) is 11.1. The molecule has 1 N–H and O–H groups in total. The molecule has 3 aromatic rings. The van der Waals surface area contributed by atoms with E-state index >= 15 is 0 Å². The molecule has 0 saturated heterocycles. The Morgan fingerprint density at radius 2 is 1.81 bits per heavy atom. The molecule has 3 rings (SSSR count). The highest BCUT2D eigenvalue weighted by molar-refractivity contribution is 7.92. The summed E-state index contributed by atoms with van der Waals surface area (Å²) in [5.41, 5.74) is 2.15. The molecule has 0 heterocycles. The first-order valence-electron chi connectivity index (χ1n) is 9.47. The predicted molar refractivity (Wildman–Crippen MR) is 117 cm³/mol. The third-order valence-electron chi connectivity index (χ3n) is 4.64. The third-order valence-corrected chi connectivity index (χ3v) is 6.02. The van der Waals surface area contributed by atoms with E-state index in [1.54, 1.807) is 37.4 Å². The van der Waals surface area contributed by atoms with Crippen LogP contribution in [0.1, 0.15) is 21.5 Å². The van der Waals surface area contributed by atoms with Crippen molar-refractivity contribution >= 4 is 21.6 Å². The van der Waals surface area contributed by atoms with E-state index < -0.39 is 15.8 Å². The van der Waals surface area contributed by atoms with Gasteiger partial charge in [-0.2, -0.15) is 0 Å². The highest BCUT2D eigenvalue weighted by atomic mass is 32.2. The van der Waals surface area contributed by atoms with Crippen LogP contribution in [0, 0.1) is 12.7 Å². The molecule has 0 bridgehead atoms. The average molecular weight is 443 g/mol. The maximum atomic E-state index is 13.9. The Bertz CT molecular complexity index is 1210. The maximum Gasteiger partial charge on any atom is 0.261 e. The molecule has 8 heteroatoms. The van der Waals surface area contributed by atoms with E-state index in [4.69, 9.17) is 4.74 Å². The van der Waals surface area contributed by atoms with Gasteiger partial charge in [-0.25, -0.2) is 12.8 Å². The van der Waals surface area contributed by atoms with Gasteiger partial charge in [0.1, 0.15) is 0 Å². The Kier molecular flexibility index (Phi) is 6.60. The Labute approximate surface area is 181 Å². The Morgan fingerprint density at radius 3 is 2.48 bits per heavy atom. The van der Waals surface area contributed by atoms with Crippen molar-refractivity contribution < 1.29 is 22.3 Å². The summed E-state index contributed by atoms with van der Waals surface area (Å²) in [4.78, 5) is 14.2. The van der Waals surface area contributed by atoms with Crippen molar-refractivity contribution in [3.05, 3.63) is 89.2 Å². The van der Waals surface area contributed by atoms with Gasteiger partial charge in [-0.05, 0) is 60.5 Å². The second-order valence-electron chi connectivity index (χ2n) is 7.13. The molecule has 0 radical (unpaired) electrons. The summed E-state index contributed by atoms with van der Waals surface area (Å²) in [6, 6.07) is 17.2. The van der Waals surface area contributed by atoms with Gasteiger partial charge < -0.3 is 9.64 Å². The van der Waals surface area contributed by atoms with Crippen LogP contribution in [0.15, 0.2) is 71.6 Å². The van der Waals surface area contributed by atoms with Gasteiger partial charge in [0, 0.05) is 24.8 Å². The molecule has 6 nitrogen and oxygen atoms in total. The fraction of sp³-hybridized carbons (Fsp3) is 0.174. The number of carbonyl (C=O) groups is 1. The topological polar surface area (TPSA) is 75.7 Å². The van der Waals surface area contributed by atoms with Crippen molar-refractivity contribution in [1.29, 1.82) is 0 Å². The minimum absolute atomic E-state index is 0.0243. The molecular weight excluding hydrogens is 419 g/mol. The Balaban J connectivity index is 1.78. The van der Waals surface area contributed by atoms with Crippen molar-refractivity contribution in [3.8, 4) is 5.75 Å². The summed E-state index contributed by atoms with van der Waals surface area (Å²) in [6.45, 7) is 2.01. The first kappa shape index (κ1) is 22.3. The number of sulfonamides is 1. The number of aryl methyl sites for hydroxylation is 1. The van der Waals surface area contributed by atoms with Crippen molar-refractivity contribution in [2.45, 2.75) is 18.4 Å². The average Bonchev–Trinajstić information content (AvgIpc) is 2.73. The number of hydrogen-bond donors (Lipinski definition) is 1. The van der Waals surface area contributed by atoms with Gasteiger partial charge in [-0.3, -0.25) is 9.52 Å². The van der Waals surface area contributed by atoms with Crippen LogP contribution in [-0.4, -0.2) is 33.4 Å². The lowest BCUT2D eigenvalue weighted by atomic mass is 10.1. The van der Waals surface area contributed by atoms with E-state index in [9.17, 15) is 17.6 Å². The van der Waals surface area contributed by atoms with Crippen LogP contribution in [0.2, 0.25) is 0 Å². The number of carbonyl (C=O) groups excluding carboxylic acids is 1. The monoisotopic (exact) mass is 442 g/mol. The van der Waals surface area contributed by atoms with Crippen molar-refractivity contribution in [1.82, 2.24) is 4.90 Å². The molecule has 0 aliphatic heterocycles. The standard InChI is InChI=1S/C23H23FN2O4S/c1-16-6-4-8-19(12-16)25-31(28,29)20-9-5-7-18(14-20)23(27)26(2)15-17-10-11-22(30-3)21(24)13-17/h4-14,25H,15H2,1-3H3. The zero-order chi connectivity index (χ0) is 22.6. The number of halogens is 1. The molecule has 0 spiro atoms. The smallest absolute Gasteiger partial charge is 0.261 e. The van der Waals surface area contributed by atoms with E-state index in [1.165, 1.54) is 42.3 Å². The molecule has 162 valence electrons. The van der Waals surface area contributed by atoms with E-state index in [-0.39, 0.29) is 28.7 Å². The number of amides is 1. The van der Waals surface area contributed by atoms with Crippen LogP contribution in [0.3, 0.4) is 0 Å². The van der Waals surface area contributed by atoms with Crippen LogP contribution in [0.5, 0.6) is 5.75 Å². The summed E-state index contributed by atoms with van der Waals surface area (Å²) in [7, 11) is -0.925. The highest BCUT2D eigenvalue weighted by Crippen LogP contribution is 2.21. The minimum atomic E-state index is -3.87. The van der Waals surface area contributed by atoms with Crippen molar-refractivity contribution in [2.24, 2.45) is 0 Å². The summed E-state index contributed by atoms with van der Waals surface area (Å²) < 4.78 is 46.8. The van der Waals surface area contributed by atoms with Crippen molar-refractivity contribution in [2.75, 3.05) is 18.9 Å². The molecule has 0 fully saturated rings. The molecule has 0 aromatic heterocycles. The number of rotatable bonds is 7. The summed E-state index contributed by atoms with van der Waals surface area (Å²) in [5, 5.41) is 0. The largest absolute Gasteiger partial charge is 0.494 e. The Hall–Kier alpha value is -3.39. The first-order valence-corrected chi connectivity index (χ1v) is 11.0. The van der Waals surface area contributed by atoms with Gasteiger partial charge in [0.15, 0.2) is 11.6 Å². The van der Waals surface area contributed by atoms with Crippen LogP contribution in [0.4, 0.5) is 10.1 Å². The lowest BCUT2D eigenvalue weighted by molar-refractivity contribution is 0.0784. The van der Waals surface area contributed by atoms with Crippen LogP contribution >= 0.6 is 0 Å².